The summed E-state index contributed by atoms with van der Waals surface area (Å²) in [6.07, 6.45) is 0.528. The van der Waals surface area contributed by atoms with E-state index in [1.165, 1.54) is 39.5 Å². The van der Waals surface area contributed by atoms with Gasteiger partial charge in [-0.15, -0.1) is 0 Å². The minimum absolute atomic E-state index is 0.118. The molecule has 0 spiro atoms. The van der Waals surface area contributed by atoms with Gasteiger partial charge in [0.1, 0.15) is 22.1 Å². The molecule has 2 N–H and O–H groups in total. The molecule has 0 unspecified atom stereocenters. The number of amides is 1. The highest BCUT2D eigenvalue weighted by molar-refractivity contribution is 7.89. The molecule has 0 aliphatic heterocycles. The van der Waals surface area contributed by atoms with E-state index in [9.17, 15) is 13.2 Å². The number of ether oxygens (including phenoxy) is 3. The summed E-state index contributed by atoms with van der Waals surface area (Å²) in [6, 6.07) is 18.7. The first-order valence-electron chi connectivity index (χ1n) is 10.1. The first kappa shape index (κ1) is 24.1. The Morgan fingerprint density at radius 3 is 2.24 bits per heavy atom. The van der Waals surface area contributed by atoms with E-state index in [0.29, 0.717) is 23.6 Å². The molecule has 0 saturated carbocycles. The Hall–Kier alpha value is -3.56. The van der Waals surface area contributed by atoms with Crippen molar-refractivity contribution in [2.75, 3.05) is 33.2 Å². The van der Waals surface area contributed by atoms with Crippen molar-refractivity contribution < 1.29 is 27.4 Å². The number of carbonyl (C=O) groups excluding carboxylic acids is 1. The second-order valence-corrected chi connectivity index (χ2v) is 8.75. The lowest BCUT2D eigenvalue weighted by molar-refractivity contribution is 0.102. The topological polar surface area (TPSA) is 103 Å². The fourth-order valence-corrected chi connectivity index (χ4v) is 4.40. The zero-order chi connectivity index (χ0) is 23.8. The lowest BCUT2D eigenvalue weighted by Crippen LogP contribution is -2.27. The maximum atomic E-state index is 12.9. The maximum Gasteiger partial charge on any atom is 0.255 e. The van der Waals surface area contributed by atoms with Crippen molar-refractivity contribution in [3.05, 3.63) is 77.9 Å². The fourth-order valence-electron chi connectivity index (χ4n) is 3.18. The predicted molar refractivity (Wildman–Crippen MR) is 126 cm³/mol. The molecule has 3 aromatic carbocycles. The molecule has 1 amide bonds. The summed E-state index contributed by atoms with van der Waals surface area (Å²) < 4.78 is 44.2. The van der Waals surface area contributed by atoms with Gasteiger partial charge in [0.25, 0.3) is 5.91 Å². The van der Waals surface area contributed by atoms with E-state index in [-0.39, 0.29) is 22.8 Å². The lowest BCUT2D eigenvalue weighted by Gasteiger charge is -2.14. The van der Waals surface area contributed by atoms with Crippen LogP contribution in [0.15, 0.2) is 71.6 Å². The summed E-state index contributed by atoms with van der Waals surface area (Å²) in [5, 5.41) is 2.73. The fraction of sp³-hybridized carbons (Fsp3) is 0.208. The third kappa shape index (κ3) is 6.03. The molecule has 3 rings (SSSR count). The number of sulfonamides is 1. The van der Waals surface area contributed by atoms with Crippen molar-refractivity contribution in [1.82, 2.24) is 4.72 Å². The van der Waals surface area contributed by atoms with Gasteiger partial charge >= 0.3 is 0 Å². The molecule has 3 aromatic rings. The van der Waals surface area contributed by atoms with Gasteiger partial charge in [-0.2, -0.15) is 0 Å². The normalized spacial score (nSPS) is 11.0. The van der Waals surface area contributed by atoms with Crippen LogP contribution in [0.5, 0.6) is 17.2 Å². The smallest absolute Gasteiger partial charge is 0.255 e. The standard InChI is InChI=1S/C24H26N2O6S/c1-30-19-10-11-20(22(16-19)32-3)26-24(27)18-9-12-21(31-2)23(15-18)33(28,29)25-14-13-17-7-5-4-6-8-17/h4-12,15-16,25H,13-14H2,1-3H3,(H,26,27). The van der Waals surface area contributed by atoms with Crippen molar-refractivity contribution in [2.45, 2.75) is 11.3 Å². The molecule has 0 heterocycles. The van der Waals surface area contributed by atoms with Crippen molar-refractivity contribution in [2.24, 2.45) is 0 Å². The Labute approximate surface area is 193 Å². The molecule has 0 radical (unpaired) electrons. The molecule has 0 bridgehead atoms. The summed E-state index contributed by atoms with van der Waals surface area (Å²) >= 11 is 0. The highest BCUT2D eigenvalue weighted by Gasteiger charge is 2.22. The van der Waals surface area contributed by atoms with Gasteiger partial charge in [-0.05, 0) is 42.3 Å². The average Bonchev–Trinajstić information content (AvgIpc) is 2.84. The van der Waals surface area contributed by atoms with E-state index in [4.69, 9.17) is 14.2 Å². The van der Waals surface area contributed by atoms with Gasteiger partial charge in [-0.1, -0.05) is 30.3 Å². The van der Waals surface area contributed by atoms with Crippen LogP contribution >= 0.6 is 0 Å². The molecule has 0 fully saturated rings. The van der Waals surface area contributed by atoms with Gasteiger partial charge in [-0.3, -0.25) is 4.79 Å². The first-order valence-corrected chi connectivity index (χ1v) is 11.6. The van der Waals surface area contributed by atoms with Crippen LogP contribution in [0.25, 0.3) is 0 Å². The molecule has 33 heavy (non-hydrogen) atoms. The number of rotatable bonds is 10. The molecule has 0 atom stereocenters. The SMILES string of the molecule is COc1ccc(NC(=O)c2ccc(OC)c(S(=O)(=O)NCCc3ccccc3)c2)c(OC)c1. The summed E-state index contributed by atoms with van der Waals surface area (Å²) in [4.78, 5) is 12.7. The van der Waals surface area contributed by atoms with Crippen molar-refractivity contribution in [3.8, 4) is 17.2 Å². The van der Waals surface area contributed by atoms with Gasteiger partial charge in [0.05, 0.1) is 27.0 Å². The highest BCUT2D eigenvalue weighted by atomic mass is 32.2. The second kappa shape index (κ2) is 10.8. The molecule has 0 aliphatic rings. The van der Waals surface area contributed by atoms with Crippen LogP contribution < -0.4 is 24.2 Å². The highest BCUT2D eigenvalue weighted by Crippen LogP contribution is 2.30. The molecule has 0 aliphatic carbocycles. The van der Waals surface area contributed by atoms with Crippen LogP contribution in [0.3, 0.4) is 0 Å². The number of nitrogens with one attached hydrogen (secondary N) is 2. The summed E-state index contributed by atoms with van der Waals surface area (Å²) in [5.74, 6) is 0.624. The molecule has 8 nitrogen and oxygen atoms in total. The van der Waals surface area contributed by atoms with Crippen LogP contribution in [-0.4, -0.2) is 42.2 Å². The maximum absolute atomic E-state index is 12.9. The zero-order valence-corrected chi connectivity index (χ0v) is 19.4. The minimum atomic E-state index is -3.92. The van der Waals surface area contributed by atoms with Crippen LogP contribution in [0.1, 0.15) is 15.9 Å². The van der Waals surface area contributed by atoms with Gasteiger partial charge in [0, 0.05) is 18.2 Å². The Morgan fingerprint density at radius 2 is 1.58 bits per heavy atom. The van der Waals surface area contributed by atoms with E-state index < -0.39 is 15.9 Å². The Morgan fingerprint density at radius 1 is 0.848 bits per heavy atom. The van der Waals surface area contributed by atoms with E-state index >= 15 is 0 Å². The number of carbonyl (C=O) groups is 1. The molecule has 0 aromatic heterocycles. The van der Waals surface area contributed by atoms with Crippen LogP contribution in [0.4, 0.5) is 5.69 Å². The monoisotopic (exact) mass is 470 g/mol. The number of anilines is 1. The van der Waals surface area contributed by atoms with Gasteiger partial charge in [0.15, 0.2) is 0 Å². The summed E-state index contributed by atoms with van der Waals surface area (Å²) in [6.45, 7) is 0.203. The Kier molecular flexibility index (Phi) is 7.92. The average molecular weight is 471 g/mol. The second-order valence-electron chi connectivity index (χ2n) is 7.02. The summed E-state index contributed by atoms with van der Waals surface area (Å²) in [7, 11) is 0.459. The van der Waals surface area contributed by atoms with Gasteiger partial charge in [0.2, 0.25) is 10.0 Å². The van der Waals surface area contributed by atoms with E-state index in [1.54, 1.807) is 18.2 Å². The Balaban J connectivity index is 1.80. The van der Waals surface area contributed by atoms with Crippen LogP contribution in [0.2, 0.25) is 0 Å². The van der Waals surface area contributed by atoms with E-state index in [1.807, 2.05) is 30.3 Å². The largest absolute Gasteiger partial charge is 0.497 e. The molecular formula is C24H26N2O6S. The third-order valence-electron chi connectivity index (χ3n) is 4.92. The van der Waals surface area contributed by atoms with E-state index in [0.717, 1.165) is 5.56 Å². The van der Waals surface area contributed by atoms with Crippen molar-refractivity contribution in [3.63, 3.8) is 0 Å². The predicted octanol–water partition coefficient (Wildman–Crippen LogP) is 3.49. The minimum Gasteiger partial charge on any atom is -0.497 e. The van der Waals surface area contributed by atoms with Gasteiger partial charge in [-0.25, -0.2) is 13.1 Å². The van der Waals surface area contributed by atoms with Crippen LogP contribution in [-0.2, 0) is 16.4 Å². The third-order valence-corrected chi connectivity index (χ3v) is 6.40. The molecule has 9 heteroatoms. The lowest BCUT2D eigenvalue weighted by atomic mass is 10.2. The molecule has 174 valence electrons. The number of hydrogen-bond donors (Lipinski definition) is 2. The number of methoxy groups -OCH3 is 3. The number of benzene rings is 3. The van der Waals surface area contributed by atoms with Crippen LogP contribution in [0, 0.1) is 0 Å². The van der Waals surface area contributed by atoms with Crippen molar-refractivity contribution >= 4 is 21.6 Å². The Bertz CT molecular complexity index is 1210. The summed E-state index contributed by atoms with van der Waals surface area (Å²) in [5.41, 5.74) is 1.58. The quantitative estimate of drug-likeness (QED) is 0.470. The first-order chi connectivity index (χ1) is 15.9. The van der Waals surface area contributed by atoms with Crippen molar-refractivity contribution in [1.29, 1.82) is 0 Å². The molecule has 0 saturated heterocycles. The number of hydrogen-bond acceptors (Lipinski definition) is 6. The zero-order valence-electron chi connectivity index (χ0n) is 18.6. The van der Waals surface area contributed by atoms with Gasteiger partial charge < -0.3 is 19.5 Å². The van der Waals surface area contributed by atoms with E-state index in [2.05, 4.69) is 10.0 Å². The molecular weight excluding hydrogens is 444 g/mol.